The van der Waals surface area contributed by atoms with Crippen LogP contribution in [0.3, 0.4) is 0 Å². The molecule has 2 aromatic heterocycles. The molecule has 0 atom stereocenters. The predicted molar refractivity (Wildman–Crippen MR) is 112 cm³/mol. The molecule has 30 heavy (non-hydrogen) atoms. The van der Waals surface area contributed by atoms with E-state index in [4.69, 9.17) is 0 Å². The summed E-state index contributed by atoms with van der Waals surface area (Å²) in [5, 5.41) is 4.31. The molecule has 3 heterocycles. The lowest BCUT2D eigenvalue weighted by atomic mass is 10.2. The quantitative estimate of drug-likeness (QED) is 0.612. The van der Waals surface area contributed by atoms with Crippen LogP contribution in [-0.2, 0) is 23.0 Å². The van der Waals surface area contributed by atoms with E-state index in [0.717, 1.165) is 0 Å². The van der Waals surface area contributed by atoms with Crippen LogP contribution in [0.15, 0.2) is 46.2 Å². The molecule has 0 aliphatic carbocycles. The van der Waals surface area contributed by atoms with Gasteiger partial charge in [0.2, 0.25) is 10.0 Å². The van der Waals surface area contributed by atoms with Crippen LogP contribution in [0.4, 0.5) is 10.1 Å². The summed E-state index contributed by atoms with van der Waals surface area (Å²) < 4.78 is 44.8. The SMILES string of the molecule is CCc1nn(CC)c(=O)c2cc(S(=O)(=O)N3CCN(c4ccccc4F)CC3)cn12. The highest BCUT2D eigenvalue weighted by atomic mass is 32.2. The third-order valence-electron chi connectivity index (χ3n) is 5.45. The van der Waals surface area contributed by atoms with Crippen LogP contribution in [0.2, 0.25) is 0 Å². The first-order valence-electron chi connectivity index (χ1n) is 9.98. The minimum atomic E-state index is -3.78. The Morgan fingerprint density at radius 1 is 1.10 bits per heavy atom. The van der Waals surface area contributed by atoms with Crippen molar-refractivity contribution >= 4 is 21.2 Å². The number of fused-ring (bicyclic) bond motifs is 1. The summed E-state index contributed by atoms with van der Waals surface area (Å²) in [6.07, 6.45) is 2.04. The summed E-state index contributed by atoms with van der Waals surface area (Å²) in [4.78, 5) is 14.5. The fourth-order valence-corrected chi connectivity index (χ4v) is 5.25. The molecule has 0 radical (unpaired) electrons. The first-order chi connectivity index (χ1) is 14.4. The van der Waals surface area contributed by atoms with Gasteiger partial charge in [-0.2, -0.15) is 9.40 Å². The second-order valence-corrected chi connectivity index (χ2v) is 9.10. The van der Waals surface area contributed by atoms with Crippen molar-refractivity contribution in [1.82, 2.24) is 18.5 Å². The van der Waals surface area contributed by atoms with Gasteiger partial charge in [-0.25, -0.2) is 17.5 Å². The Labute approximate surface area is 174 Å². The summed E-state index contributed by atoms with van der Waals surface area (Å²) in [6.45, 7) is 5.38. The number of hydrogen-bond acceptors (Lipinski definition) is 5. The van der Waals surface area contributed by atoms with Crippen molar-refractivity contribution in [2.24, 2.45) is 0 Å². The summed E-state index contributed by atoms with van der Waals surface area (Å²) >= 11 is 0. The van der Waals surface area contributed by atoms with Gasteiger partial charge in [-0.1, -0.05) is 19.1 Å². The number of benzene rings is 1. The average Bonchev–Trinajstić information content (AvgIpc) is 3.22. The molecule has 1 aliphatic rings. The van der Waals surface area contributed by atoms with Crippen LogP contribution >= 0.6 is 0 Å². The molecule has 8 nitrogen and oxygen atoms in total. The number of aromatic nitrogens is 3. The van der Waals surface area contributed by atoms with Gasteiger partial charge in [0.05, 0.1) is 5.69 Å². The molecule has 1 aromatic carbocycles. The Morgan fingerprint density at radius 2 is 1.80 bits per heavy atom. The van der Waals surface area contributed by atoms with E-state index in [-0.39, 0.29) is 29.4 Å². The standard InChI is InChI=1S/C20H24FN5O3S/c1-3-19-22-26(4-2)20(27)18-13-15(14-25(18)19)30(28,29)24-11-9-23(10-12-24)17-8-6-5-7-16(17)21/h5-8,13-14H,3-4,9-12H2,1-2H3. The fourth-order valence-electron chi connectivity index (χ4n) is 3.80. The van der Waals surface area contributed by atoms with Gasteiger partial charge in [-0.15, -0.1) is 0 Å². The smallest absolute Gasteiger partial charge is 0.291 e. The van der Waals surface area contributed by atoms with Crippen molar-refractivity contribution in [1.29, 1.82) is 0 Å². The first kappa shape index (κ1) is 20.5. The number of para-hydroxylation sites is 1. The van der Waals surface area contributed by atoms with Crippen molar-refractivity contribution in [3.8, 4) is 0 Å². The molecule has 0 saturated carbocycles. The number of nitrogens with zero attached hydrogens (tertiary/aromatic N) is 5. The Balaban J connectivity index is 1.63. The third-order valence-corrected chi connectivity index (χ3v) is 7.31. The van der Waals surface area contributed by atoms with Crippen molar-refractivity contribution in [3.05, 3.63) is 58.5 Å². The molecule has 0 amide bonds. The van der Waals surface area contributed by atoms with Gasteiger partial charge in [0, 0.05) is 45.3 Å². The molecule has 4 rings (SSSR count). The van der Waals surface area contributed by atoms with Gasteiger partial charge in [0.15, 0.2) is 0 Å². The average molecular weight is 434 g/mol. The summed E-state index contributed by atoms with van der Waals surface area (Å²) in [5.74, 6) is 0.302. The van der Waals surface area contributed by atoms with E-state index in [1.807, 2.05) is 18.7 Å². The highest BCUT2D eigenvalue weighted by molar-refractivity contribution is 7.89. The van der Waals surface area contributed by atoms with Gasteiger partial charge in [-0.3, -0.25) is 9.20 Å². The van der Waals surface area contributed by atoms with Crippen molar-refractivity contribution in [3.63, 3.8) is 0 Å². The number of sulfonamides is 1. The van der Waals surface area contributed by atoms with Gasteiger partial charge in [0.1, 0.15) is 22.1 Å². The zero-order chi connectivity index (χ0) is 21.5. The zero-order valence-electron chi connectivity index (χ0n) is 17.0. The molecule has 0 unspecified atom stereocenters. The molecule has 3 aromatic rings. The number of aryl methyl sites for hydroxylation is 2. The van der Waals surface area contributed by atoms with Gasteiger partial charge >= 0.3 is 0 Å². The van der Waals surface area contributed by atoms with E-state index in [9.17, 15) is 17.6 Å². The lowest BCUT2D eigenvalue weighted by Crippen LogP contribution is -2.48. The maximum absolute atomic E-state index is 14.0. The fraction of sp³-hybridized carbons (Fsp3) is 0.400. The summed E-state index contributed by atoms with van der Waals surface area (Å²) in [6, 6.07) is 7.90. The van der Waals surface area contributed by atoms with E-state index in [2.05, 4.69) is 5.10 Å². The van der Waals surface area contributed by atoms with E-state index < -0.39 is 10.0 Å². The maximum Gasteiger partial charge on any atom is 0.291 e. The number of piperazine rings is 1. The van der Waals surface area contributed by atoms with Gasteiger partial charge < -0.3 is 4.90 Å². The molecule has 0 N–H and O–H groups in total. The number of anilines is 1. The number of hydrogen-bond donors (Lipinski definition) is 0. The molecule has 1 saturated heterocycles. The van der Waals surface area contributed by atoms with Crippen molar-refractivity contribution < 1.29 is 12.8 Å². The Morgan fingerprint density at radius 3 is 2.43 bits per heavy atom. The minimum Gasteiger partial charge on any atom is -0.367 e. The van der Waals surface area contributed by atoms with Crippen LogP contribution in [0.1, 0.15) is 19.7 Å². The lowest BCUT2D eigenvalue weighted by molar-refractivity contribution is 0.383. The maximum atomic E-state index is 14.0. The van der Waals surface area contributed by atoms with Crippen molar-refractivity contribution in [2.75, 3.05) is 31.1 Å². The monoisotopic (exact) mass is 433 g/mol. The molecular formula is C20H24FN5O3S. The summed E-state index contributed by atoms with van der Waals surface area (Å²) in [7, 11) is -3.78. The predicted octanol–water partition coefficient (Wildman–Crippen LogP) is 1.73. The molecule has 0 bridgehead atoms. The van der Waals surface area contributed by atoms with Crippen molar-refractivity contribution in [2.45, 2.75) is 31.7 Å². The topological polar surface area (TPSA) is 79.9 Å². The van der Waals surface area contributed by atoms with Gasteiger partial charge in [0.25, 0.3) is 5.56 Å². The molecule has 10 heteroatoms. The molecule has 160 valence electrons. The van der Waals surface area contributed by atoms with E-state index in [0.29, 0.717) is 43.1 Å². The highest BCUT2D eigenvalue weighted by Gasteiger charge is 2.30. The Kier molecular flexibility index (Phi) is 5.37. The summed E-state index contributed by atoms with van der Waals surface area (Å²) in [5.41, 5.74) is 0.454. The van der Waals surface area contributed by atoms with Gasteiger partial charge in [-0.05, 0) is 25.1 Å². The highest BCUT2D eigenvalue weighted by Crippen LogP contribution is 2.24. The molecule has 1 fully saturated rings. The minimum absolute atomic E-state index is 0.0734. The number of halogens is 1. The van der Waals surface area contributed by atoms with E-state index in [1.54, 1.807) is 22.6 Å². The number of rotatable bonds is 5. The largest absolute Gasteiger partial charge is 0.367 e. The Hall–Kier alpha value is -2.72. The molecule has 0 spiro atoms. The second kappa shape index (κ2) is 7.84. The normalized spacial score (nSPS) is 15.8. The van der Waals surface area contributed by atoms with Crippen LogP contribution < -0.4 is 10.5 Å². The Bertz CT molecular complexity index is 1240. The van der Waals surface area contributed by atoms with Crippen LogP contribution in [0.5, 0.6) is 0 Å². The van der Waals surface area contributed by atoms with Crippen LogP contribution in [0, 0.1) is 5.82 Å². The second-order valence-electron chi connectivity index (χ2n) is 7.16. The first-order valence-corrected chi connectivity index (χ1v) is 11.4. The van der Waals surface area contributed by atoms with Crippen LogP contribution in [0.25, 0.3) is 5.52 Å². The lowest BCUT2D eigenvalue weighted by Gasteiger charge is -2.35. The molecule has 1 aliphatic heterocycles. The van der Waals surface area contributed by atoms with E-state index >= 15 is 0 Å². The van der Waals surface area contributed by atoms with E-state index in [1.165, 1.54) is 27.3 Å². The third kappa shape index (κ3) is 3.39. The molecular weight excluding hydrogens is 409 g/mol. The van der Waals surface area contributed by atoms with Crippen LogP contribution in [-0.4, -0.2) is 53.1 Å². The zero-order valence-corrected chi connectivity index (χ0v) is 17.8.